The Morgan fingerprint density at radius 2 is 1.79 bits per heavy atom. The van der Waals surface area contributed by atoms with Gasteiger partial charge in [-0.15, -0.1) is 0 Å². The number of aliphatic hydroxyl groups is 1. The van der Waals surface area contributed by atoms with E-state index >= 15 is 0 Å². The second kappa shape index (κ2) is 9.27. The molecule has 1 amide bonds. The largest absolute Gasteiger partial charge is 0.507 e. The van der Waals surface area contributed by atoms with Gasteiger partial charge in [-0.3, -0.25) is 9.59 Å². The Balaban J connectivity index is 2.16. The molecule has 0 radical (unpaired) electrons. The standard InChI is InChI=1S/C23H24BrNO4/c1-3-4-7-14-25-20(17-8-5-6-9-18(17)29-2)19(22(27)23(25)28)21(26)15-10-12-16(24)13-11-15/h5-6,8-13,20,26H,3-4,7,14H2,1-2H3/b21-19-. The third-order valence-corrected chi connectivity index (χ3v) is 5.62. The predicted molar refractivity (Wildman–Crippen MR) is 116 cm³/mol. The first-order valence-electron chi connectivity index (χ1n) is 9.66. The number of halogens is 1. The minimum atomic E-state index is -0.688. The molecule has 1 atom stereocenters. The predicted octanol–water partition coefficient (Wildman–Crippen LogP) is 5.07. The number of hydrogen-bond acceptors (Lipinski definition) is 4. The van der Waals surface area contributed by atoms with Crippen molar-refractivity contribution in [3.05, 3.63) is 69.7 Å². The average Bonchev–Trinajstić information content (AvgIpc) is 2.98. The number of ether oxygens (including phenoxy) is 1. The normalized spacial score (nSPS) is 18.3. The van der Waals surface area contributed by atoms with Gasteiger partial charge in [-0.1, -0.05) is 66.0 Å². The highest BCUT2D eigenvalue weighted by atomic mass is 79.9. The molecule has 0 bridgehead atoms. The molecule has 1 fully saturated rings. The minimum Gasteiger partial charge on any atom is -0.507 e. The van der Waals surface area contributed by atoms with E-state index in [1.165, 1.54) is 0 Å². The number of methoxy groups -OCH3 is 1. The van der Waals surface area contributed by atoms with Crippen LogP contribution in [0.5, 0.6) is 5.75 Å². The second-order valence-corrected chi connectivity index (χ2v) is 7.86. The van der Waals surface area contributed by atoms with Crippen LogP contribution in [-0.4, -0.2) is 35.4 Å². The second-order valence-electron chi connectivity index (χ2n) is 6.95. The Morgan fingerprint density at radius 3 is 2.45 bits per heavy atom. The molecule has 1 aliphatic heterocycles. The number of rotatable bonds is 7. The Hall–Kier alpha value is -2.60. The zero-order chi connectivity index (χ0) is 21.0. The van der Waals surface area contributed by atoms with Crippen molar-refractivity contribution in [2.75, 3.05) is 13.7 Å². The fourth-order valence-electron chi connectivity index (χ4n) is 3.62. The van der Waals surface area contributed by atoms with E-state index in [4.69, 9.17) is 4.74 Å². The van der Waals surface area contributed by atoms with Gasteiger partial charge >= 0.3 is 0 Å². The molecule has 2 aromatic carbocycles. The number of nitrogens with zero attached hydrogens (tertiary/aromatic N) is 1. The Morgan fingerprint density at radius 1 is 1.10 bits per heavy atom. The highest BCUT2D eigenvalue weighted by Gasteiger charge is 2.46. The minimum absolute atomic E-state index is 0.0957. The number of aliphatic hydroxyl groups excluding tert-OH is 1. The summed E-state index contributed by atoms with van der Waals surface area (Å²) in [7, 11) is 1.55. The molecule has 1 heterocycles. The van der Waals surface area contributed by atoms with Crippen molar-refractivity contribution in [2.24, 2.45) is 0 Å². The van der Waals surface area contributed by atoms with Gasteiger partial charge in [-0.05, 0) is 24.6 Å². The number of amides is 1. The number of Topliss-reactive ketones (excluding diaryl/α,β-unsaturated/α-hetero) is 1. The molecule has 152 valence electrons. The quantitative estimate of drug-likeness (QED) is 0.272. The van der Waals surface area contributed by atoms with Crippen molar-refractivity contribution in [3.8, 4) is 5.75 Å². The van der Waals surface area contributed by atoms with Crippen molar-refractivity contribution >= 4 is 33.4 Å². The SMILES string of the molecule is CCCCCN1C(=O)C(=O)/C(=C(\O)c2ccc(Br)cc2)C1c1ccccc1OC. The molecule has 0 saturated carbocycles. The van der Waals surface area contributed by atoms with E-state index in [-0.39, 0.29) is 11.3 Å². The molecule has 1 unspecified atom stereocenters. The third-order valence-electron chi connectivity index (χ3n) is 5.09. The Bertz CT molecular complexity index is 936. The van der Waals surface area contributed by atoms with E-state index in [2.05, 4.69) is 22.9 Å². The van der Waals surface area contributed by atoms with E-state index in [1.807, 2.05) is 18.2 Å². The van der Waals surface area contributed by atoms with Gasteiger partial charge in [0.1, 0.15) is 11.5 Å². The fourth-order valence-corrected chi connectivity index (χ4v) is 3.89. The lowest BCUT2D eigenvalue weighted by atomic mass is 9.94. The van der Waals surface area contributed by atoms with Crippen molar-refractivity contribution in [1.29, 1.82) is 0 Å². The van der Waals surface area contributed by atoms with Crippen LogP contribution in [0.3, 0.4) is 0 Å². The van der Waals surface area contributed by atoms with Crippen LogP contribution in [0, 0.1) is 0 Å². The first-order chi connectivity index (χ1) is 14.0. The molecule has 29 heavy (non-hydrogen) atoms. The van der Waals surface area contributed by atoms with Crippen LogP contribution in [0.25, 0.3) is 5.76 Å². The summed E-state index contributed by atoms with van der Waals surface area (Å²) < 4.78 is 6.35. The summed E-state index contributed by atoms with van der Waals surface area (Å²) in [6.45, 7) is 2.53. The van der Waals surface area contributed by atoms with Crippen molar-refractivity contribution in [2.45, 2.75) is 32.2 Å². The third kappa shape index (κ3) is 4.22. The lowest BCUT2D eigenvalue weighted by Crippen LogP contribution is -2.30. The smallest absolute Gasteiger partial charge is 0.295 e. The summed E-state index contributed by atoms with van der Waals surface area (Å²) in [5.74, 6) is -0.861. The molecule has 1 aliphatic rings. The van der Waals surface area contributed by atoms with E-state index in [0.717, 1.165) is 23.7 Å². The molecule has 2 aromatic rings. The molecular weight excluding hydrogens is 434 g/mol. The molecule has 0 aliphatic carbocycles. The Labute approximate surface area is 179 Å². The van der Waals surface area contributed by atoms with E-state index in [0.29, 0.717) is 23.4 Å². The number of hydrogen-bond donors (Lipinski definition) is 1. The lowest BCUT2D eigenvalue weighted by molar-refractivity contribution is -0.139. The van der Waals surface area contributed by atoms with Crippen LogP contribution < -0.4 is 4.74 Å². The van der Waals surface area contributed by atoms with E-state index in [9.17, 15) is 14.7 Å². The maximum absolute atomic E-state index is 13.0. The molecule has 1 N–H and O–H groups in total. The van der Waals surface area contributed by atoms with Crippen LogP contribution in [0.4, 0.5) is 0 Å². The molecular formula is C23H24BrNO4. The lowest BCUT2D eigenvalue weighted by Gasteiger charge is -2.26. The summed E-state index contributed by atoms with van der Waals surface area (Å²) in [5.41, 5.74) is 1.27. The fraction of sp³-hybridized carbons (Fsp3) is 0.304. The molecule has 6 heteroatoms. The van der Waals surface area contributed by atoms with Crippen LogP contribution in [0.1, 0.15) is 43.4 Å². The number of ketones is 1. The van der Waals surface area contributed by atoms with Crippen LogP contribution in [-0.2, 0) is 9.59 Å². The van der Waals surface area contributed by atoms with E-state index < -0.39 is 17.7 Å². The van der Waals surface area contributed by atoms with Gasteiger partial charge < -0.3 is 14.7 Å². The van der Waals surface area contributed by atoms with Crippen molar-refractivity contribution in [1.82, 2.24) is 4.90 Å². The van der Waals surface area contributed by atoms with Gasteiger partial charge in [0.25, 0.3) is 11.7 Å². The van der Waals surface area contributed by atoms with Gasteiger partial charge in [-0.2, -0.15) is 0 Å². The summed E-state index contributed by atoms with van der Waals surface area (Å²) in [5, 5.41) is 11.0. The van der Waals surface area contributed by atoms with Gasteiger partial charge in [0.05, 0.1) is 18.7 Å². The number of carbonyl (C=O) groups is 2. The summed E-state index contributed by atoms with van der Waals surface area (Å²) >= 11 is 3.37. The van der Waals surface area contributed by atoms with Crippen LogP contribution in [0.15, 0.2) is 58.6 Å². The van der Waals surface area contributed by atoms with Gasteiger partial charge in [0.2, 0.25) is 0 Å². The molecule has 3 rings (SSSR count). The van der Waals surface area contributed by atoms with Gasteiger partial charge in [-0.25, -0.2) is 0 Å². The summed E-state index contributed by atoms with van der Waals surface area (Å²) in [4.78, 5) is 27.4. The monoisotopic (exact) mass is 457 g/mol. The molecule has 1 saturated heterocycles. The highest BCUT2D eigenvalue weighted by molar-refractivity contribution is 9.10. The van der Waals surface area contributed by atoms with Gasteiger partial charge in [0.15, 0.2) is 0 Å². The number of para-hydroxylation sites is 1. The van der Waals surface area contributed by atoms with Crippen LogP contribution in [0.2, 0.25) is 0 Å². The number of benzene rings is 2. The average molecular weight is 458 g/mol. The summed E-state index contributed by atoms with van der Waals surface area (Å²) in [6.07, 6.45) is 2.74. The van der Waals surface area contributed by atoms with E-state index in [1.54, 1.807) is 42.3 Å². The maximum atomic E-state index is 13.0. The maximum Gasteiger partial charge on any atom is 0.295 e. The highest BCUT2D eigenvalue weighted by Crippen LogP contribution is 2.42. The molecule has 5 nitrogen and oxygen atoms in total. The van der Waals surface area contributed by atoms with Crippen molar-refractivity contribution in [3.63, 3.8) is 0 Å². The van der Waals surface area contributed by atoms with Crippen molar-refractivity contribution < 1.29 is 19.4 Å². The Kier molecular flexibility index (Phi) is 6.75. The number of carbonyl (C=O) groups excluding carboxylic acids is 2. The number of unbranched alkanes of at least 4 members (excludes halogenated alkanes) is 2. The van der Waals surface area contributed by atoms with Gasteiger partial charge in [0, 0.05) is 22.1 Å². The number of likely N-dealkylation sites (tertiary alicyclic amines) is 1. The van der Waals surface area contributed by atoms with Crippen LogP contribution >= 0.6 is 15.9 Å². The first kappa shape index (κ1) is 21.1. The topological polar surface area (TPSA) is 66.8 Å². The first-order valence-corrected chi connectivity index (χ1v) is 10.5. The molecule has 0 spiro atoms. The zero-order valence-electron chi connectivity index (χ0n) is 16.5. The molecule has 0 aromatic heterocycles. The zero-order valence-corrected chi connectivity index (χ0v) is 18.1. The summed E-state index contributed by atoms with van der Waals surface area (Å²) in [6, 6.07) is 13.6.